The Hall–Kier alpha value is -2.43. The molecule has 3 heterocycles. The van der Waals surface area contributed by atoms with E-state index in [-0.39, 0.29) is 23.7 Å². The standard InChI is InChI=1S/C22H29ClN6O3Si/c1-6-32-21(30)22(9-10-22)17-18(23)25-19(27-26-17)16-15-8-7-14(2)24-20(15)29(28-16)13-31-11-12-33(3,4)5/h7-8H,6,9-13H2,1-5H3. The fourth-order valence-electron chi connectivity index (χ4n) is 3.56. The minimum Gasteiger partial charge on any atom is -0.465 e. The molecular weight excluding hydrogens is 460 g/mol. The van der Waals surface area contributed by atoms with Crippen LogP contribution in [0.5, 0.6) is 0 Å². The second kappa shape index (κ2) is 9.07. The largest absolute Gasteiger partial charge is 0.465 e. The quantitative estimate of drug-likeness (QED) is 0.251. The highest BCUT2D eigenvalue weighted by atomic mass is 35.5. The molecule has 11 heteroatoms. The number of ether oxygens (including phenoxy) is 2. The van der Waals surface area contributed by atoms with Gasteiger partial charge in [0.15, 0.2) is 10.8 Å². The third-order valence-corrected chi connectivity index (χ3v) is 7.64. The number of pyridine rings is 1. The molecule has 176 valence electrons. The van der Waals surface area contributed by atoms with Crippen LogP contribution < -0.4 is 0 Å². The minimum absolute atomic E-state index is 0.139. The average Bonchev–Trinajstić information content (AvgIpc) is 3.47. The first-order valence-electron chi connectivity index (χ1n) is 11.1. The molecule has 3 aromatic rings. The summed E-state index contributed by atoms with van der Waals surface area (Å²) in [6.07, 6.45) is 1.24. The van der Waals surface area contributed by atoms with E-state index in [4.69, 9.17) is 21.1 Å². The summed E-state index contributed by atoms with van der Waals surface area (Å²) in [5, 5.41) is 14.2. The number of aromatic nitrogens is 6. The summed E-state index contributed by atoms with van der Waals surface area (Å²) in [6.45, 7) is 11.9. The van der Waals surface area contributed by atoms with Gasteiger partial charge in [-0.3, -0.25) is 4.79 Å². The zero-order chi connectivity index (χ0) is 23.8. The number of carbonyl (C=O) groups excluding carboxylic acids is 1. The predicted octanol–water partition coefficient (Wildman–Crippen LogP) is 4.15. The van der Waals surface area contributed by atoms with E-state index in [2.05, 4.69) is 44.9 Å². The Morgan fingerprint density at radius 1 is 1.21 bits per heavy atom. The van der Waals surface area contributed by atoms with Gasteiger partial charge in [-0.25, -0.2) is 14.6 Å². The second-order valence-electron chi connectivity index (χ2n) is 9.60. The van der Waals surface area contributed by atoms with Gasteiger partial charge in [0.1, 0.15) is 23.5 Å². The fraction of sp³-hybridized carbons (Fsp3) is 0.545. The molecule has 3 aromatic heterocycles. The second-order valence-corrected chi connectivity index (χ2v) is 15.6. The molecule has 0 N–H and O–H groups in total. The summed E-state index contributed by atoms with van der Waals surface area (Å²) in [4.78, 5) is 21.5. The number of esters is 1. The van der Waals surface area contributed by atoms with Gasteiger partial charge in [0, 0.05) is 20.4 Å². The van der Waals surface area contributed by atoms with Crippen LogP contribution in [-0.2, 0) is 26.4 Å². The summed E-state index contributed by atoms with van der Waals surface area (Å²) < 4.78 is 12.8. The molecule has 4 rings (SSSR count). The maximum Gasteiger partial charge on any atom is 0.318 e. The van der Waals surface area contributed by atoms with Crippen LogP contribution >= 0.6 is 11.6 Å². The Balaban J connectivity index is 1.64. The lowest BCUT2D eigenvalue weighted by atomic mass is 10.0. The number of nitrogens with zero attached hydrogens (tertiary/aromatic N) is 6. The van der Waals surface area contributed by atoms with E-state index in [0.29, 0.717) is 43.1 Å². The fourth-order valence-corrected chi connectivity index (χ4v) is 4.62. The van der Waals surface area contributed by atoms with Gasteiger partial charge in [-0.15, -0.1) is 10.2 Å². The molecule has 0 radical (unpaired) electrons. The van der Waals surface area contributed by atoms with Gasteiger partial charge in [0.2, 0.25) is 5.82 Å². The van der Waals surface area contributed by atoms with E-state index in [1.54, 1.807) is 11.6 Å². The number of carbonyl (C=O) groups is 1. The molecule has 0 aromatic carbocycles. The van der Waals surface area contributed by atoms with E-state index >= 15 is 0 Å². The van der Waals surface area contributed by atoms with Crippen LogP contribution in [0.3, 0.4) is 0 Å². The smallest absolute Gasteiger partial charge is 0.318 e. The first-order chi connectivity index (χ1) is 15.6. The molecule has 0 unspecified atom stereocenters. The van der Waals surface area contributed by atoms with E-state index in [0.717, 1.165) is 17.1 Å². The lowest BCUT2D eigenvalue weighted by Crippen LogP contribution is -2.25. The summed E-state index contributed by atoms with van der Waals surface area (Å²) in [6, 6.07) is 4.91. The summed E-state index contributed by atoms with van der Waals surface area (Å²) in [5.74, 6) is -0.0551. The highest BCUT2D eigenvalue weighted by Gasteiger charge is 2.56. The van der Waals surface area contributed by atoms with Crippen molar-refractivity contribution in [3.05, 3.63) is 28.7 Å². The Kier molecular flexibility index (Phi) is 6.52. The first-order valence-corrected chi connectivity index (χ1v) is 15.2. The monoisotopic (exact) mass is 488 g/mol. The van der Waals surface area contributed by atoms with Gasteiger partial charge in [0.25, 0.3) is 0 Å². The third-order valence-electron chi connectivity index (χ3n) is 5.67. The highest BCUT2D eigenvalue weighted by molar-refractivity contribution is 6.76. The number of hydrogen-bond acceptors (Lipinski definition) is 8. The predicted molar refractivity (Wildman–Crippen MR) is 128 cm³/mol. The molecule has 33 heavy (non-hydrogen) atoms. The molecule has 0 atom stereocenters. The number of aryl methyl sites for hydroxylation is 1. The minimum atomic E-state index is -1.19. The van der Waals surface area contributed by atoms with Crippen molar-refractivity contribution in [3.8, 4) is 11.5 Å². The maximum absolute atomic E-state index is 12.4. The van der Waals surface area contributed by atoms with Crippen LogP contribution in [0, 0.1) is 6.92 Å². The topological polar surface area (TPSA) is 105 Å². The van der Waals surface area contributed by atoms with Crippen molar-refractivity contribution < 1.29 is 14.3 Å². The van der Waals surface area contributed by atoms with Gasteiger partial charge < -0.3 is 9.47 Å². The van der Waals surface area contributed by atoms with Crippen molar-refractivity contribution in [3.63, 3.8) is 0 Å². The average molecular weight is 489 g/mol. The molecule has 0 bridgehead atoms. The van der Waals surface area contributed by atoms with Crippen molar-refractivity contribution in [1.29, 1.82) is 0 Å². The van der Waals surface area contributed by atoms with Gasteiger partial charge in [0.05, 0.1) is 12.0 Å². The van der Waals surface area contributed by atoms with Crippen molar-refractivity contribution in [2.24, 2.45) is 0 Å². The number of hydrogen-bond donors (Lipinski definition) is 0. The van der Waals surface area contributed by atoms with Crippen molar-refractivity contribution in [1.82, 2.24) is 29.9 Å². The van der Waals surface area contributed by atoms with Crippen molar-refractivity contribution in [2.45, 2.75) is 64.5 Å². The molecule has 0 saturated heterocycles. The third kappa shape index (κ3) is 4.92. The van der Waals surface area contributed by atoms with Crippen molar-refractivity contribution in [2.75, 3.05) is 13.2 Å². The molecule has 0 amide bonds. The van der Waals surface area contributed by atoms with Crippen LogP contribution in [0.25, 0.3) is 22.6 Å². The summed E-state index contributed by atoms with van der Waals surface area (Å²) in [7, 11) is -1.19. The van der Waals surface area contributed by atoms with Crippen LogP contribution in [-0.4, -0.2) is 57.2 Å². The number of fused-ring (bicyclic) bond motifs is 1. The molecule has 0 spiro atoms. The van der Waals surface area contributed by atoms with E-state index < -0.39 is 13.5 Å². The SMILES string of the molecule is CCOC(=O)C1(c2nnc(-c3nn(COCC[Si](C)(C)C)c4nc(C)ccc34)nc2Cl)CC1. The van der Waals surface area contributed by atoms with E-state index in [9.17, 15) is 4.79 Å². The van der Waals surface area contributed by atoms with Crippen LogP contribution in [0.15, 0.2) is 12.1 Å². The van der Waals surface area contributed by atoms with Gasteiger partial charge in [-0.1, -0.05) is 31.2 Å². The van der Waals surface area contributed by atoms with Crippen LogP contribution in [0.2, 0.25) is 30.8 Å². The molecule has 1 aliphatic carbocycles. The molecule has 1 aliphatic rings. The summed E-state index contributed by atoms with van der Waals surface area (Å²) >= 11 is 6.48. The molecule has 0 aliphatic heterocycles. The van der Waals surface area contributed by atoms with Crippen molar-refractivity contribution >= 4 is 36.7 Å². The zero-order valence-electron chi connectivity index (χ0n) is 19.7. The van der Waals surface area contributed by atoms with E-state index in [1.807, 2.05) is 19.1 Å². The van der Waals surface area contributed by atoms with Crippen LogP contribution in [0.4, 0.5) is 0 Å². The lowest BCUT2D eigenvalue weighted by molar-refractivity contribution is -0.146. The van der Waals surface area contributed by atoms with E-state index in [1.165, 1.54) is 0 Å². The lowest BCUT2D eigenvalue weighted by Gasteiger charge is -2.15. The Morgan fingerprint density at radius 3 is 2.61 bits per heavy atom. The van der Waals surface area contributed by atoms with Crippen LogP contribution in [0.1, 0.15) is 31.2 Å². The first kappa shape index (κ1) is 23.7. The van der Waals surface area contributed by atoms with Gasteiger partial charge in [-0.05, 0) is 44.9 Å². The molecule has 1 saturated carbocycles. The highest BCUT2D eigenvalue weighted by Crippen LogP contribution is 2.50. The number of rotatable bonds is 9. The number of halogens is 1. The van der Waals surface area contributed by atoms with Gasteiger partial charge >= 0.3 is 5.97 Å². The Morgan fingerprint density at radius 2 is 1.97 bits per heavy atom. The molecule has 9 nitrogen and oxygen atoms in total. The molecule has 1 fully saturated rings. The normalized spacial score (nSPS) is 15.1. The zero-order valence-corrected chi connectivity index (χ0v) is 21.4. The summed E-state index contributed by atoms with van der Waals surface area (Å²) in [5.41, 5.74) is 1.60. The Labute approximate surface area is 198 Å². The van der Waals surface area contributed by atoms with Gasteiger partial charge in [-0.2, -0.15) is 5.10 Å². The maximum atomic E-state index is 12.4. The Bertz CT molecular complexity index is 1190. The molecular formula is C22H29ClN6O3Si.